The molecule has 0 saturated heterocycles. The van der Waals surface area contributed by atoms with Gasteiger partial charge in [0.15, 0.2) is 5.82 Å². The van der Waals surface area contributed by atoms with Crippen LogP contribution in [0.15, 0.2) is 35.6 Å². The van der Waals surface area contributed by atoms with Crippen molar-refractivity contribution >= 4 is 29.4 Å². The van der Waals surface area contributed by atoms with Crippen LogP contribution in [0.5, 0.6) is 5.88 Å². The molecular formula is C24H25ClF4N4O2. The molecule has 188 valence electrons. The number of likely N-dealkylation sites (N-methyl/N-ethyl adjacent to an activating group) is 1. The van der Waals surface area contributed by atoms with Gasteiger partial charge in [-0.25, -0.2) is 9.37 Å². The predicted molar refractivity (Wildman–Crippen MR) is 127 cm³/mol. The predicted octanol–water partition coefficient (Wildman–Crippen LogP) is 5.66. The van der Waals surface area contributed by atoms with E-state index in [1.165, 1.54) is 16.1 Å². The molecule has 6 nitrogen and oxygen atoms in total. The van der Waals surface area contributed by atoms with E-state index in [0.717, 1.165) is 0 Å². The van der Waals surface area contributed by atoms with Crippen molar-refractivity contribution in [3.63, 3.8) is 0 Å². The van der Waals surface area contributed by atoms with Crippen LogP contribution in [0.2, 0.25) is 5.02 Å². The Kier molecular flexibility index (Phi) is 9.89. The molecule has 1 heterocycles. The number of pyridine rings is 1. The lowest BCUT2D eigenvalue weighted by Gasteiger charge is -2.29. The van der Waals surface area contributed by atoms with E-state index in [2.05, 4.69) is 21.9 Å². The average Bonchev–Trinajstić information content (AvgIpc) is 2.80. The van der Waals surface area contributed by atoms with Crippen molar-refractivity contribution in [1.29, 1.82) is 0 Å². The number of aromatic nitrogens is 1. The number of para-hydroxylation sites is 1. The van der Waals surface area contributed by atoms with Gasteiger partial charge in [-0.1, -0.05) is 36.4 Å². The first kappa shape index (κ1) is 27.9. The zero-order valence-corrected chi connectivity index (χ0v) is 20.4. The highest BCUT2D eigenvalue weighted by Crippen LogP contribution is 2.32. The van der Waals surface area contributed by atoms with E-state index in [9.17, 15) is 22.4 Å². The summed E-state index contributed by atoms with van der Waals surface area (Å²) in [4.78, 5) is 18.3. The van der Waals surface area contributed by atoms with Crippen LogP contribution in [0.4, 0.5) is 23.2 Å². The molecule has 0 saturated carbocycles. The Hall–Kier alpha value is -3.32. The molecule has 0 spiro atoms. The van der Waals surface area contributed by atoms with Gasteiger partial charge in [0.25, 0.3) is 5.91 Å². The molecule has 1 aromatic heterocycles. The lowest BCUT2D eigenvalue weighted by atomic mass is 10.1. The minimum absolute atomic E-state index is 0.203. The Morgan fingerprint density at radius 2 is 2.06 bits per heavy atom. The quantitative estimate of drug-likeness (QED) is 0.198. The Balaban J connectivity index is 2.22. The van der Waals surface area contributed by atoms with Crippen molar-refractivity contribution in [2.75, 3.05) is 25.2 Å². The maximum Gasteiger partial charge on any atom is 0.417 e. The molecule has 2 aromatic rings. The largest absolute Gasteiger partial charge is 0.473 e. The molecule has 35 heavy (non-hydrogen) atoms. The van der Waals surface area contributed by atoms with E-state index in [1.54, 1.807) is 39.1 Å². The summed E-state index contributed by atoms with van der Waals surface area (Å²) in [5.41, 5.74) is -0.578. The molecular weight excluding hydrogens is 488 g/mol. The second kappa shape index (κ2) is 12.4. The number of hydrogen-bond acceptors (Lipinski definition) is 5. The molecule has 0 aliphatic carbocycles. The van der Waals surface area contributed by atoms with Crippen molar-refractivity contribution in [3.8, 4) is 17.7 Å². The Morgan fingerprint density at radius 3 is 2.66 bits per heavy atom. The number of halogens is 5. The highest BCUT2D eigenvalue weighted by atomic mass is 35.5. The van der Waals surface area contributed by atoms with Crippen LogP contribution in [0.25, 0.3) is 0 Å². The third-order valence-electron chi connectivity index (χ3n) is 4.84. The van der Waals surface area contributed by atoms with E-state index < -0.39 is 29.5 Å². The summed E-state index contributed by atoms with van der Waals surface area (Å²) in [7, 11) is 1.63. The van der Waals surface area contributed by atoms with Gasteiger partial charge in [0.05, 0.1) is 34.1 Å². The number of nitrogens with zero attached hydrogens (tertiary/aromatic N) is 4. The monoisotopic (exact) mass is 512 g/mol. The molecule has 0 aliphatic heterocycles. The van der Waals surface area contributed by atoms with Gasteiger partial charge in [-0.15, -0.1) is 0 Å². The van der Waals surface area contributed by atoms with E-state index in [4.69, 9.17) is 16.3 Å². The molecule has 2 rings (SSSR count). The lowest BCUT2D eigenvalue weighted by molar-refractivity contribution is -0.138. The maximum absolute atomic E-state index is 14.1. The summed E-state index contributed by atoms with van der Waals surface area (Å²) >= 11 is 6.36. The van der Waals surface area contributed by atoms with Crippen LogP contribution in [-0.4, -0.2) is 48.2 Å². The number of carbonyl (C=O) groups is 1. The number of rotatable bonds is 8. The fraction of sp³-hybridized carbons (Fsp3) is 0.375. The van der Waals surface area contributed by atoms with Crippen molar-refractivity contribution in [2.45, 2.75) is 39.4 Å². The fourth-order valence-corrected chi connectivity index (χ4v) is 3.42. The van der Waals surface area contributed by atoms with Crippen LogP contribution < -0.4 is 9.75 Å². The van der Waals surface area contributed by atoms with Crippen molar-refractivity contribution in [2.24, 2.45) is 5.10 Å². The second-order valence-electron chi connectivity index (χ2n) is 7.34. The second-order valence-corrected chi connectivity index (χ2v) is 7.75. The van der Waals surface area contributed by atoms with E-state index >= 15 is 0 Å². The average molecular weight is 513 g/mol. The molecule has 11 heteroatoms. The summed E-state index contributed by atoms with van der Waals surface area (Å²) in [6, 6.07) is 4.59. The maximum atomic E-state index is 14.1. The standard InChI is InChI=1S/C24H25ClF4N4O2/c1-5-7-8-12-31-32(4)21-18(10-9-11-19(21)25)23(34)33(6-2)16(3)15-35-22-20(26)13-17(14-30-22)24(27,28)29/h9-14,16H,5-6,15H2,1-4H3/b31-12-. The SMILES string of the molecule is CCC#C/C=N\N(C)c1c(Cl)cccc1C(=O)N(CC)C(C)COc1ncc(C(F)(F)F)cc1F. The molecule has 1 amide bonds. The van der Waals surface area contributed by atoms with Crippen LogP contribution >= 0.6 is 11.6 Å². The van der Waals surface area contributed by atoms with Gasteiger partial charge < -0.3 is 9.64 Å². The summed E-state index contributed by atoms with van der Waals surface area (Å²) in [5.74, 6) is 3.41. The number of ether oxygens (including phenoxy) is 1. The smallest absolute Gasteiger partial charge is 0.417 e. The topological polar surface area (TPSA) is 58.0 Å². The van der Waals surface area contributed by atoms with E-state index in [1.807, 2.05) is 6.92 Å². The molecule has 1 unspecified atom stereocenters. The van der Waals surface area contributed by atoms with Crippen molar-refractivity contribution in [3.05, 3.63) is 52.4 Å². The first-order valence-corrected chi connectivity index (χ1v) is 11.1. The third-order valence-corrected chi connectivity index (χ3v) is 5.15. The molecule has 0 fully saturated rings. The summed E-state index contributed by atoms with van der Waals surface area (Å²) < 4.78 is 57.5. The Bertz CT molecular complexity index is 1130. The van der Waals surface area contributed by atoms with E-state index in [-0.39, 0.29) is 24.6 Å². The van der Waals surface area contributed by atoms with Gasteiger partial charge in [0.1, 0.15) is 6.61 Å². The number of amides is 1. The molecule has 1 aromatic carbocycles. The molecule has 0 bridgehead atoms. The molecule has 0 radical (unpaired) electrons. The minimum Gasteiger partial charge on any atom is -0.473 e. The summed E-state index contributed by atoms with van der Waals surface area (Å²) in [6.45, 7) is 5.38. The number of hydrazone groups is 1. The van der Waals surface area contributed by atoms with Gasteiger partial charge in [0.2, 0.25) is 5.88 Å². The van der Waals surface area contributed by atoms with Crippen molar-refractivity contribution < 1.29 is 27.1 Å². The van der Waals surface area contributed by atoms with Crippen LogP contribution in [-0.2, 0) is 6.18 Å². The number of anilines is 1. The van der Waals surface area contributed by atoms with Gasteiger partial charge in [-0.05, 0) is 32.0 Å². The van der Waals surface area contributed by atoms with Crippen LogP contribution in [0, 0.1) is 17.7 Å². The first-order valence-electron chi connectivity index (χ1n) is 10.7. The first-order chi connectivity index (χ1) is 16.5. The number of alkyl halides is 3. The van der Waals surface area contributed by atoms with E-state index in [0.29, 0.717) is 29.4 Å². The van der Waals surface area contributed by atoms with Gasteiger partial charge in [0, 0.05) is 26.2 Å². The summed E-state index contributed by atoms with van der Waals surface area (Å²) in [6.07, 6.45) is -2.16. The van der Waals surface area contributed by atoms with Crippen LogP contribution in [0.1, 0.15) is 43.1 Å². The van der Waals surface area contributed by atoms with Gasteiger partial charge in [-0.3, -0.25) is 9.80 Å². The van der Waals surface area contributed by atoms with Gasteiger partial charge in [-0.2, -0.15) is 18.3 Å². The minimum atomic E-state index is -4.72. The molecule has 0 N–H and O–H groups in total. The molecule has 1 atom stereocenters. The van der Waals surface area contributed by atoms with Crippen LogP contribution in [0.3, 0.4) is 0 Å². The lowest BCUT2D eigenvalue weighted by Crippen LogP contribution is -2.42. The summed E-state index contributed by atoms with van der Waals surface area (Å²) in [5, 5.41) is 5.94. The van der Waals surface area contributed by atoms with Crippen molar-refractivity contribution in [1.82, 2.24) is 9.88 Å². The van der Waals surface area contributed by atoms with Gasteiger partial charge >= 0.3 is 6.18 Å². The third kappa shape index (κ3) is 7.33. The Morgan fingerprint density at radius 1 is 1.34 bits per heavy atom. The number of benzene rings is 1. The zero-order valence-electron chi connectivity index (χ0n) is 19.7. The Labute approximate surface area is 206 Å². The zero-order chi connectivity index (χ0) is 26.2. The number of carbonyl (C=O) groups excluding carboxylic acids is 1. The fourth-order valence-electron chi connectivity index (χ4n) is 3.12. The highest BCUT2D eigenvalue weighted by Gasteiger charge is 2.32. The normalized spacial score (nSPS) is 12.1. The molecule has 0 aliphatic rings. The highest BCUT2D eigenvalue weighted by molar-refractivity contribution is 6.34. The number of hydrogen-bond donors (Lipinski definition) is 0.